The summed E-state index contributed by atoms with van der Waals surface area (Å²) in [5.41, 5.74) is -2.83. The average molecular weight is 1160 g/mol. The summed E-state index contributed by atoms with van der Waals surface area (Å²) in [6.07, 6.45) is 5.31. The van der Waals surface area contributed by atoms with Gasteiger partial charge in [-0.05, 0) is 48.2 Å². The SMILES string of the molecule is CCc1nc2sc(Cl)cn2c1C(=O)NCc1ccc(N2CCN(S(=O)(=O)C(F)(F)F)C=N2)c(F)c1.CCc1nc2sc(Cl)cn2c1C(=O)O.Cl.NCc1ccc(N2CCN(S(=O)(=O)C(F)(F)F)C=N2)c(F)c1. The van der Waals surface area contributed by atoms with Crippen molar-refractivity contribution in [1.82, 2.24) is 32.7 Å². The molecule has 0 saturated heterocycles. The Kier molecular flexibility index (Phi) is 18.1. The van der Waals surface area contributed by atoms with Crippen molar-refractivity contribution in [2.24, 2.45) is 15.9 Å². The maximum Gasteiger partial charge on any atom is 0.516 e. The summed E-state index contributed by atoms with van der Waals surface area (Å²) in [4.78, 5) is 33.6. The number of hydrogen-bond acceptors (Lipinski definition) is 15. The number of aryl methyl sites for hydroxylation is 2. The highest BCUT2D eigenvalue weighted by molar-refractivity contribution is 7.90. The molecule has 2 aromatic carbocycles. The van der Waals surface area contributed by atoms with Crippen LogP contribution in [0.25, 0.3) is 9.92 Å². The number of carboxylic acid groups (broad SMARTS) is 1. The predicted octanol–water partition coefficient (Wildman–Crippen LogP) is 7.53. The van der Waals surface area contributed by atoms with E-state index in [1.54, 1.807) is 22.9 Å². The fourth-order valence-electron chi connectivity index (χ4n) is 6.56. The molecule has 6 aromatic rings. The summed E-state index contributed by atoms with van der Waals surface area (Å²) in [5.74, 6) is -2.78. The Bertz CT molecular complexity index is 3260. The van der Waals surface area contributed by atoms with Crippen molar-refractivity contribution in [2.75, 3.05) is 36.2 Å². The van der Waals surface area contributed by atoms with Crippen LogP contribution in [-0.2, 0) is 46.0 Å². The Hall–Kier alpha value is -5.57. The van der Waals surface area contributed by atoms with Gasteiger partial charge in [-0.2, -0.15) is 53.4 Å². The van der Waals surface area contributed by atoms with Crippen LogP contribution in [0.15, 0.2) is 59.0 Å². The molecule has 19 nitrogen and oxygen atoms in total. The number of nitrogens with zero attached hydrogens (tertiary/aromatic N) is 10. The zero-order valence-electron chi connectivity index (χ0n) is 36.7. The lowest BCUT2D eigenvalue weighted by Crippen LogP contribution is -2.46. The van der Waals surface area contributed by atoms with Crippen molar-refractivity contribution in [3.63, 3.8) is 0 Å². The molecule has 6 heterocycles. The highest BCUT2D eigenvalue weighted by Crippen LogP contribution is 2.31. The molecule has 392 valence electrons. The van der Waals surface area contributed by atoms with Gasteiger partial charge in [0.2, 0.25) is 0 Å². The number of carbonyl (C=O) groups is 2. The number of carbonyl (C=O) groups excluding carboxylic acids is 1. The first kappa shape index (κ1) is 57.3. The summed E-state index contributed by atoms with van der Waals surface area (Å²) in [7, 11) is -11.0. The predicted molar refractivity (Wildman–Crippen MR) is 256 cm³/mol. The molecule has 8 rings (SSSR count). The molecular weight excluding hydrogens is 1120 g/mol. The van der Waals surface area contributed by atoms with Gasteiger partial charge in [-0.3, -0.25) is 23.6 Å². The first-order valence-corrected chi connectivity index (χ1v) is 25.4. The monoisotopic (exact) mass is 1160 g/mol. The first-order valence-electron chi connectivity index (χ1n) is 20.1. The third-order valence-corrected chi connectivity index (χ3v) is 15.2. The number of rotatable bonds is 11. The van der Waals surface area contributed by atoms with Crippen LogP contribution in [0.3, 0.4) is 0 Å². The molecule has 0 bridgehead atoms. The van der Waals surface area contributed by atoms with E-state index in [9.17, 15) is 61.5 Å². The number of amides is 1. The lowest BCUT2D eigenvalue weighted by Gasteiger charge is -2.29. The Labute approximate surface area is 427 Å². The second kappa shape index (κ2) is 22.7. The van der Waals surface area contributed by atoms with E-state index in [-0.39, 0.29) is 64.3 Å². The number of imidazole rings is 2. The molecule has 2 aliphatic rings. The normalized spacial score (nSPS) is 14.2. The van der Waals surface area contributed by atoms with E-state index < -0.39 is 67.7 Å². The molecule has 2 aliphatic heterocycles. The van der Waals surface area contributed by atoms with Gasteiger partial charge in [0.1, 0.15) is 38.7 Å². The van der Waals surface area contributed by atoms with Crippen LogP contribution in [-0.4, -0.2) is 111 Å². The Morgan fingerprint density at radius 1 is 0.722 bits per heavy atom. The molecule has 0 unspecified atom stereocenters. The fourth-order valence-corrected chi connectivity index (χ4v) is 10.1. The molecule has 72 heavy (non-hydrogen) atoms. The summed E-state index contributed by atoms with van der Waals surface area (Å²) in [5, 5.41) is 21.0. The van der Waals surface area contributed by atoms with Gasteiger partial charge in [0.25, 0.3) is 5.91 Å². The number of sulfonamides is 2. The van der Waals surface area contributed by atoms with E-state index in [1.165, 1.54) is 51.3 Å². The lowest BCUT2D eigenvalue weighted by molar-refractivity contribution is -0.0477. The molecule has 0 radical (unpaired) electrons. The second-order valence-electron chi connectivity index (χ2n) is 14.5. The highest BCUT2D eigenvalue weighted by Gasteiger charge is 2.51. The summed E-state index contributed by atoms with van der Waals surface area (Å²) in [6, 6.07) is 8.12. The number of aromatic carboxylic acids is 1. The van der Waals surface area contributed by atoms with Gasteiger partial charge in [-0.15, -0.1) is 12.4 Å². The van der Waals surface area contributed by atoms with E-state index in [1.807, 2.05) is 13.8 Å². The third kappa shape index (κ3) is 12.3. The van der Waals surface area contributed by atoms with Crippen LogP contribution in [0.2, 0.25) is 8.67 Å². The van der Waals surface area contributed by atoms with Crippen LogP contribution in [0.4, 0.5) is 46.5 Å². The smallest absolute Gasteiger partial charge is 0.477 e. The quantitative estimate of drug-likeness (QED) is 0.107. The van der Waals surface area contributed by atoms with E-state index in [0.717, 1.165) is 16.1 Å². The van der Waals surface area contributed by atoms with Crippen molar-refractivity contribution >= 4 is 124 Å². The minimum Gasteiger partial charge on any atom is -0.477 e. The van der Waals surface area contributed by atoms with Crippen LogP contribution in [0.1, 0.15) is 57.3 Å². The van der Waals surface area contributed by atoms with Gasteiger partial charge >= 0.3 is 37.0 Å². The number of thiazole rings is 2. The lowest BCUT2D eigenvalue weighted by atomic mass is 10.1. The van der Waals surface area contributed by atoms with Crippen molar-refractivity contribution < 1.29 is 66.7 Å². The standard InChI is InChI=1S/C19H17ClF4N6O3S2.C11H12F4N4O2S.C8H7ClN2O2S.ClH/c1-2-13-16(29-9-15(20)34-18(29)27-13)17(31)25-8-11-3-4-14(12(21)7-11)30-6-5-28(10-26-30)35(32,33)19(22,23)24;12-9-5-8(6-16)1-2-10(9)19-4-3-18(7-17-19)22(20,21)11(13,14)15;1-2-4-6(7(12)13)11-3-5(9)14-8(11)10-4;/h3-4,7,9-10H,2,5-6,8H2,1H3,(H,25,31);1-2,5,7H,3-4,6,16H2;3H,2H2,1H3,(H,12,13);1H. The average Bonchev–Trinajstić information content (AvgIpc) is 4.05. The van der Waals surface area contributed by atoms with Crippen molar-refractivity contribution in [3.8, 4) is 0 Å². The number of nitrogens with two attached hydrogens (primary N) is 1. The molecular formula is C38H37Cl3F8N12O7S4. The number of carboxylic acids is 1. The van der Waals surface area contributed by atoms with Crippen molar-refractivity contribution in [3.05, 3.63) is 103 Å². The number of nitrogens with one attached hydrogen (secondary N) is 1. The second-order valence-corrected chi connectivity index (χ2v) is 21.5. The summed E-state index contributed by atoms with van der Waals surface area (Å²) < 4.78 is 153. The highest BCUT2D eigenvalue weighted by atomic mass is 35.5. The van der Waals surface area contributed by atoms with Gasteiger partial charge in [0.05, 0.1) is 48.9 Å². The van der Waals surface area contributed by atoms with Gasteiger partial charge in [-0.1, -0.05) is 71.9 Å². The molecule has 4 aromatic heterocycles. The maximum absolute atomic E-state index is 14.7. The number of aromatic nitrogens is 4. The molecule has 0 spiro atoms. The van der Waals surface area contributed by atoms with Gasteiger partial charge in [0.15, 0.2) is 15.6 Å². The van der Waals surface area contributed by atoms with Crippen molar-refractivity contribution in [2.45, 2.75) is 50.8 Å². The molecule has 0 saturated carbocycles. The van der Waals surface area contributed by atoms with E-state index in [4.69, 9.17) is 34.0 Å². The van der Waals surface area contributed by atoms with E-state index in [2.05, 4.69) is 25.5 Å². The molecule has 34 heteroatoms. The topological polar surface area (TPSA) is 233 Å². The number of halogens is 11. The van der Waals surface area contributed by atoms with Gasteiger partial charge < -0.3 is 16.2 Å². The number of alkyl halides is 6. The maximum atomic E-state index is 14.7. The van der Waals surface area contributed by atoms with Crippen LogP contribution in [0.5, 0.6) is 0 Å². The minimum atomic E-state index is -5.56. The molecule has 0 fully saturated rings. The number of anilines is 2. The number of hydrazone groups is 2. The number of fused-ring (bicyclic) bond motifs is 2. The van der Waals surface area contributed by atoms with Crippen molar-refractivity contribution in [1.29, 1.82) is 0 Å². The summed E-state index contributed by atoms with van der Waals surface area (Å²) in [6.45, 7) is 2.30. The number of benzene rings is 2. The molecule has 4 N–H and O–H groups in total. The minimum absolute atomic E-state index is 0. The summed E-state index contributed by atoms with van der Waals surface area (Å²) >= 11 is 14.3. The largest absolute Gasteiger partial charge is 0.516 e. The molecule has 0 atom stereocenters. The fraction of sp³-hybridized carbons (Fsp3) is 0.316. The first-order chi connectivity index (χ1) is 33.2. The van der Waals surface area contributed by atoms with E-state index in [0.29, 0.717) is 72.3 Å². The third-order valence-electron chi connectivity index (χ3n) is 10.0. The number of hydrogen-bond donors (Lipinski definition) is 3. The zero-order valence-corrected chi connectivity index (χ0v) is 42.3. The van der Waals surface area contributed by atoms with Gasteiger partial charge in [0, 0.05) is 25.5 Å². The zero-order chi connectivity index (χ0) is 52.4. The van der Waals surface area contributed by atoms with Crippen LogP contribution < -0.4 is 21.1 Å². The van der Waals surface area contributed by atoms with Gasteiger partial charge in [-0.25, -0.2) is 32.2 Å². The van der Waals surface area contributed by atoms with E-state index >= 15 is 0 Å². The molecule has 0 aliphatic carbocycles. The molecule has 1 amide bonds. The Morgan fingerprint density at radius 2 is 1.14 bits per heavy atom. The Morgan fingerprint density at radius 3 is 1.51 bits per heavy atom. The van der Waals surface area contributed by atoms with Crippen LogP contribution in [0, 0.1) is 11.6 Å². The van der Waals surface area contributed by atoms with Crippen LogP contribution >= 0.6 is 58.3 Å². The Balaban J connectivity index is 0.000000221.